The molecule has 11 aromatic rings. The van der Waals surface area contributed by atoms with Crippen molar-refractivity contribution in [2.45, 2.75) is 24.7 Å². The highest BCUT2D eigenvalue weighted by Gasteiger charge is 2.52. The van der Waals surface area contributed by atoms with Crippen LogP contribution in [0.1, 0.15) is 47.2 Å². The molecule has 1 aromatic heterocycles. The third kappa shape index (κ3) is 5.26. The second-order valence-electron chi connectivity index (χ2n) is 18.8. The maximum absolute atomic E-state index is 2.56. The van der Waals surface area contributed by atoms with Gasteiger partial charge in [-0.2, -0.15) is 0 Å². The fourth-order valence-corrected chi connectivity index (χ4v) is 13.5. The van der Waals surface area contributed by atoms with Gasteiger partial charge >= 0.3 is 0 Å². The van der Waals surface area contributed by atoms with Crippen LogP contribution in [-0.2, 0) is 10.8 Å². The Hall–Kier alpha value is -7.98. The summed E-state index contributed by atoms with van der Waals surface area (Å²) in [4.78, 5) is 5.01. The number of rotatable bonds is 5. The van der Waals surface area contributed by atoms with Gasteiger partial charge in [-0.15, -0.1) is 11.3 Å². The van der Waals surface area contributed by atoms with Crippen LogP contribution >= 0.6 is 11.3 Å². The van der Waals surface area contributed by atoms with Crippen molar-refractivity contribution < 1.29 is 0 Å². The zero-order valence-corrected chi connectivity index (χ0v) is 38.1. The maximum Gasteiger partial charge on any atom is 0.0755 e. The first-order chi connectivity index (χ1) is 33.0. The van der Waals surface area contributed by atoms with E-state index < -0.39 is 5.41 Å². The van der Waals surface area contributed by atoms with Gasteiger partial charge in [-0.3, -0.25) is 0 Å². The molecule has 2 aliphatic carbocycles. The summed E-state index contributed by atoms with van der Waals surface area (Å²) in [5.41, 5.74) is 21.7. The number of hydrogen-bond donors (Lipinski definition) is 0. The SMILES string of the molecule is CC1(C)c2ccccc2-c2ccc(N(c3cccc(-c4cccc5c4sc4ccccc45)c3)c3cccc4c3-c3ccccc3C43c4ccccc4N(c4ccccc4)c4ccccc43)cc21. The number of nitrogens with zero attached hydrogens (tertiary/aromatic N) is 2. The predicted molar refractivity (Wildman–Crippen MR) is 283 cm³/mol. The normalized spacial score (nSPS) is 14.3. The van der Waals surface area contributed by atoms with Crippen molar-refractivity contribution in [3.63, 3.8) is 0 Å². The molecule has 2 nitrogen and oxygen atoms in total. The smallest absolute Gasteiger partial charge is 0.0755 e. The maximum atomic E-state index is 2.56. The van der Waals surface area contributed by atoms with E-state index in [4.69, 9.17) is 0 Å². The highest BCUT2D eigenvalue weighted by molar-refractivity contribution is 7.26. The number of hydrogen-bond acceptors (Lipinski definition) is 3. The standard InChI is InChI=1S/C64H44N2S/c1-63(2)51-28-9-6-23-46(51)47-38-37-44(40-56(47)63)65(43-22-16-19-41(39-43)45-26-17-27-49-48-24-8-15-36-60(48)67-62(45)49)59-35-18-32-55-61(59)50-25-7-10-29-52(50)64(55)53-30-11-13-33-57(53)66(42-20-4-3-5-21-42)58-34-14-12-31-54(58)64/h3-40H,1-2H3. The van der Waals surface area contributed by atoms with Gasteiger partial charge in [0.15, 0.2) is 0 Å². The van der Waals surface area contributed by atoms with Gasteiger partial charge in [0.1, 0.15) is 0 Å². The lowest BCUT2D eigenvalue weighted by molar-refractivity contribution is 0.660. The number of benzene rings is 10. The van der Waals surface area contributed by atoms with E-state index in [0.29, 0.717) is 0 Å². The van der Waals surface area contributed by atoms with E-state index in [9.17, 15) is 0 Å². The molecule has 3 heteroatoms. The zero-order chi connectivity index (χ0) is 44.4. The molecule has 0 N–H and O–H groups in total. The predicted octanol–water partition coefficient (Wildman–Crippen LogP) is 17.6. The highest BCUT2D eigenvalue weighted by atomic mass is 32.1. The number of fused-ring (bicyclic) bond motifs is 15. The Morgan fingerprint density at radius 3 is 1.79 bits per heavy atom. The molecule has 0 amide bonds. The largest absolute Gasteiger partial charge is 0.310 e. The summed E-state index contributed by atoms with van der Waals surface area (Å²) in [6.07, 6.45) is 0. The Kier molecular flexibility index (Phi) is 8.15. The summed E-state index contributed by atoms with van der Waals surface area (Å²) < 4.78 is 2.63. The summed E-state index contributed by atoms with van der Waals surface area (Å²) in [5.74, 6) is 0. The minimum absolute atomic E-state index is 0.165. The monoisotopic (exact) mass is 872 g/mol. The van der Waals surface area contributed by atoms with Gasteiger partial charge in [-0.1, -0.05) is 184 Å². The first kappa shape index (κ1) is 38.3. The molecule has 0 saturated heterocycles. The highest BCUT2D eigenvalue weighted by Crippen LogP contribution is 2.65. The molecule has 14 rings (SSSR count). The van der Waals surface area contributed by atoms with E-state index in [2.05, 4.69) is 254 Å². The van der Waals surface area contributed by atoms with Crippen LogP contribution < -0.4 is 9.80 Å². The van der Waals surface area contributed by atoms with Crippen molar-refractivity contribution in [1.29, 1.82) is 0 Å². The Morgan fingerprint density at radius 1 is 0.403 bits per heavy atom. The van der Waals surface area contributed by atoms with Gasteiger partial charge in [0.25, 0.3) is 0 Å². The second-order valence-corrected chi connectivity index (χ2v) is 19.8. The topological polar surface area (TPSA) is 6.48 Å². The van der Waals surface area contributed by atoms with Crippen LogP contribution in [0.15, 0.2) is 231 Å². The van der Waals surface area contributed by atoms with E-state index in [1.165, 1.54) is 98.3 Å². The number of thiophene rings is 1. The summed E-state index contributed by atoms with van der Waals surface area (Å²) in [6.45, 7) is 4.77. The van der Waals surface area contributed by atoms with Crippen molar-refractivity contribution in [2.75, 3.05) is 9.80 Å². The molecular weight excluding hydrogens is 829 g/mol. The fraction of sp³-hybridized carbons (Fsp3) is 0.0625. The van der Waals surface area contributed by atoms with Gasteiger partial charge in [-0.05, 0) is 122 Å². The molecule has 1 aliphatic heterocycles. The van der Waals surface area contributed by atoms with Gasteiger partial charge in [0.05, 0.1) is 22.5 Å². The molecule has 10 aromatic carbocycles. The molecule has 316 valence electrons. The molecule has 67 heavy (non-hydrogen) atoms. The van der Waals surface area contributed by atoms with Crippen molar-refractivity contribution in [2.24, 2.45) is 0 Å². The molecule has 1 spiro atoms. The molecule has 0 bridgehead atoms. The molecule has 2 heterocycles. The fourth-order valence-electron chi connectivity index (χ4n) is 12.2. The molecule has 0 unspecified atom stereocenters. The van der Waals surface area contributed by atoms with Crippen molar-refractivity contribution in [3.8, 4) is 33.4 Å². The minimum Gasteiger partial charge on any atom is -0.310 e. The van der Waals surface area contributed by atoms with E-state index in [1.54, 1.807) is 0 Å². The number of anilines is 6. The van der Waals surface area contributed by atoms with Crippen molar-refractivity contribution in [1.82, 2.24) is 0 Å². The van der Waals surface area contributed by atoms with Gasteiger partial charge in [-0.25, -0.2) is 0 Å². The van der Waals surface area contributed by atoms with Crippen molar-refractivity contribution >= 4 is 65.6 Å². The van der Waals surface area contributed by atoms with Gasteiger partial charge in [0.2, 0.25) is 0 Å². The van der Waals surface area contributed by atoms with E-state index in [0.717, 1.165) is 22.7 Å². The lowest BCUT2D eigenvalue weighted by atomic mass is 9.64. The molecular formula is C64H44N2S. The summed E-state index contributed by atoms with van der Waals surface area (Å²) in [5, 5.41) is 2.62. The van der Waals surface area contributed by atoms with Crippen LogP contribution in [0, 0.1) is 0 Å². The first-order valence-corrected chi connectivity index (χ1v) is 24.2. The molecule has 0 radical (unpaired) electrons. The van der Waals surface area contributed by atoms with Crippen LogP contribution in [0.2, 0.25) is 0 Å². The quantitative estimate of drug-likeness (QED) is 0.170. The van der Waals surface area contributed by atoms with Crippen LogP contribution in [0.25, 0.3) is 53.6 Å². The third-order valence-corrected chi connectivity index (χ3v) is 16.3. The summed E-state index contributed by atoms with van der Waals surface area (Å²) >= 11 is 1.89. The Bertz CT molecular complexity index is 3770. The average Bonchev–Trinajstić information content (AvgIpc) is 3.99. The van der Waals surface area contributed by atoms with Gasteiger partial charge in [0, 0.05) is 48.2 Å². The summed E-state index contributed by atoms with van der Waals surface area (Å²) in [6, 6.07) is 86.3. The molecule has 0 fully saturated rings. The van der Waals surface area contributed by atoms with E-state index in [1.807, 2.05) is 11.3 Å². The Morgan fingerprint density at radius 2 is 0.985 bits per heavy atom. The molecule has 3 aliphatic rings. The van der Waals surface area contributed by atoms with Crippen LogP contribution in [-0.4, -0.2) is 0 Å². The van der Waals surface area contributed by atoms with Crippen LogP contribution in [0.5, 0.6) is 0 Å². The summed E-state index contributed by atoms with van der Waals surface area (Å²) in [7, 11) is 0. The average molecular weight is 873 g/mol. The van der Waals surface area contributed by atoms with E-state index >= 15 is 0 Å². The van der Waals surface area contributed by atoms with Crippen molar-refractivity contribution in [3.05, 3.63) is 264 Å². The first-order valence-electron chi connectivity index (χ1n) is 23.3. The second kappa shape index (κ2) is 14.3. The van der Waals surface area contributed by atoms with Gasteiger partial charge < -0.3 is 9.80 Å². The van der Waals surface area contributed by atoms with Crippen LogP contribution in [0.4, 0.5) is 34.1 Å². The molecule has 0 atom stereocenters. The zero-order valence-electron chi connectivity index (χ0n) is 37.2. The van der Waals surface area contributed by atoms with Crippen LogP contribution in [0.3, 0.4) is 0 Å². The lowest BCUT2D eigenvalue weighted by Gasteiger charge is -2.45. The number of para-hydroxylation sites is 3. The third-order valence-electron chi connectivity index (χ3n) is 15.0. The lowest BCUT2D eigenvalue weighted by Crippen LogP contribution is -2.36. The minimum atomic E-state index is -0.577. The molecule has 0 saturated carbocycles. The van der Waals surface area contributed by atoms with E-state index in [-0.39, 0.29) is 5.41 Å². The Balaban J connectivity index is 1.04. The Labute approximate surface area is 395 Å².